The minimum Gasteiger partial charge on any atom is -0.357 e. The van der Waals surface area contributed by atoms with Gasteiger partial charge in [-0.25, -0.2) is 4.99 Å². The molecule has 2 amide bonds. The molecular weight excluding hydrogens is 330 g/mol. The molecule has 0 aliphatic carbocycles. The number of hydrogen-bond acceptors (Lipinski definition) is 3. The van der Waals surface area contributed by atoms with E-state index in [1.54, 1.807) is 14.1 Å². The lowest BCUT2D eigenvalue weighted by Gasteiger charge is -2.14. The summed E-state index contributed by atoms with van der Waals surface area (Å²) in [5, 5.41) is 9.02. The molecule has 0 saturated heterocycles. The molecular formula is C19H31N5O2. The Morgan fingerprint density at radius 2 is 1.73 bits per heavy atom. The average molecular weight is 361 g/mol. The van der Waals surface area contributed by atoms with Crippen molar-refractivity contribution in [2.24, 2.45) is 4.99 Å². The zero-order chi connectivity index (χ0) is 19.4. The monoisotopic (exact) mass is 361 g/mol. The van der Waals surface area contributed by atoms with Crippen LogP contribution in [0.1, 0.15) is 42.6 Å². The van der Waals surface area contributed by atoms with Crippen LogP contribution in [0, 0.1) is 0 Å². The van der Waals surface area contributed by atoms with Gasteiger partial charge in [0.1, 0.15) is 0 Å². The summed E-state index contributed by atoms with van der Waals surface area (Å²) in [4.78, 5) is 29.7. The van der Waals surface area contributed by atoms with Crippen LogP contribution in [0.5, 0.6) is 0 Å². The van der Waals surface area contributed by atoms with Gasteiger partial charge in [-0.3, -0.25) is 9.59 Å². The quantitative estimate of drug-likeness (QED) is 0.352. The minimum atomic E-state index is -0.0503. The van der Waals surface area contributed by atoms with Crippen LogP contribution in [0.25, 0.3) is 0 Å². The molecule has 0 radical (unpaired) electrons. The molecule has 0 aliphatic heterocycles. The van der Waals surface area contributed by atoms with E-state index in [0.717, 1.165) is 18.4 Å². The van der Waals surface area contributed by atoms with E-state index >= 15 is 0 Å². The van der Waals surface area contributed by atoms with Gasteiger partial charge in [0, 0.05) is 32.7 Å². The zero-order valence-electron chi connectivity index (χ0n) is 16.3. The summed E-state index contributed by atoms with van der Waals surface area (Å²) in [6.45, 7) is 6.12. The average Bonchev–Trinajstić information content (AvgIpc) is 2.64. The molecule has 0 heterocycles. The van der Waals surface area contributed by atoms with Crippen LogP contribution < -0.4 is 16.0 Å². The van der Waals surface area contributed by atoms with Gasteiger partial charge in [-0.05, 0) is 31.0 Å². The van der Waals surface area contributed by atoms with Gasteiger partial charge in [0.25, 0.3) is 5.91 Å². The molecule has 0 unspecified atom stereocenters. The molecule has 0 bridgehead atoms. The number of carbonyl (C=O) groups excluding carboxylic acids is 2. The Morgan fingerprint density at radius 3 is 2.31 bits per heavy atom. The highest BCUT2D eigenvalue weighted by Gasteiger charge is 2.06. The maximum Gasteiger partial charge on any atom is 0.251 e. The molecule has 7 heteroatoms. The van der Waals surface area contributed by atoms with Gasteiger partial charge in [-0.15, -0.1) is 0 Å². The Kier molecular flexibility index (Phi) is 9.82. The summed E-state index contributed by atoms with van der Waals surface area (Å²) < 4.78 is 0. The normalized spacial score (nSPS) is 11.0. The second kappa shape index (κ2) is 11.9. The summed E-state index contributed by atoms with van der Waals surface area (Å²) in [5.41, 5.74) is 1.64. The highest BCUT2D eigenvalue weighted by Crippen LogP contribution is 2.06. The lowest BCUT2D eigenvalue weighted by Crippen LogP contribution is -2.42. The van der Waals surface area contributed by atoms with Crippen molar-refractivity contribution in [3.63, 3.8) is 0 Å². The van der Waals surface area contributed by atoms with E-state index in [1.165, 1.54) is 4.90 Å². The Hall–Kier alpha value is -2.57. The predicted octanol–water partition coefficient (Wildman–Crippen LogP) is 1.36. The van der Waals surface area contributed by atoms with Gasteiger partial charge in [0.2, 0.25) is 5.91 Å². The fourth-order valence-electron chi connectivity index (χ4n) is 2.07. The van der Waals surface area contributed by atoms with Gasteiger partial charge in [-0.1, -0.05) is 25.5 Å². The number of nitrogens with zero attached hydrogens (tertiary/aromatic N) is 2. The smallest absolute Gasteiger partial charge is 0.251 e. The van der Waals surface area contributed by atoms with Gasteiger partial charge >= 0.3 is 0 Å². The van der Waals surface area contributed by atoms with E-state index in [4.69, 9.17) is 0 Å². The van der Waals surface area contributed by atoms with Crippen molar-refractivity contribution in [2.75, 3.05) is 33.7 Å². The Labute approximate surface area is 156 Å². The molecule has 7 nitrogen and oxygen atoms in total. The van der Waals surface area contributed by atoms with E-state index in [0.29, 0.717) is 31.2 Å². The predicted molar refractivity (Wildman–Crippen MR) is 105 cm³/mol. The van der Waals surface area contributed by atoms with Crippen LogP contribution >= 0.6 is 0 Å². The molecule has 1 aromatic rings. The number of rotatable bonds is 9. The summed E-state index contributed by atoms with van der Waals surface area (Å²) in [6.07, 6.45) is 2.04. The number of carbonyl (C=O) groups is 2. The molecule has 0 fully saturated rings. The highest BCUT2D eigenvalue weighted by atomic mass is 16.2. The Balaban J connectivity index is 2.60. The topological polar surface area (TPSA) is 85.8 Å². The second-order valence-corrected chi connectivity index (χ2v) is 6.14. The van der Waals surface area contributed by atoms with Crippen LogP contribution in [0.15, 0.2) is 29.3 Å². The summed E-state index contributed by atoms with van der Waals surface area (Å²) in [5.74, 6) is 0.517. The first-order valence-electron chi connectivity index (χ1n) is 9.07. The third-order valence-corrected chi connectivity index (χ3v) is 3.70. The van der Waals surface area contributed by atoms with Crippen LogP contribution in [0.3, 0.4) is 0 Å². The third-order valence-electron chi connectivity index (χ3n) is 3.70. The lowest BCUT2D eigenvalue weighted by atomic mass is 10.1. The molecule has 1 aromatic carbocycles. The van der Waals surface area contributed by atoms with Crippen LogP contribution in [0.2, 0.25) is 0 Å². The van der Waals surface area contributed by atoms with Gasteiger partial charge in [0.05, 0.1) is 13.1 Å². The zero-order valence-corrected chi connectivity index (χ0v) is 16.3. The number of amides is 2. The number of guanidine groups is 1. The summed E-state index contributed by atoms with van der Waals surface area (Å²) >= 11 is 0. The van der Waals surface area contributed by atoms with Crippen LogP contribution in [-0.2, 0) is 11.3 Å². The number of unbranched alkanes of at least 4 members (excludes halogenated alkanes) is 1. The van der Waals surface area contributed by atoms with E-state index in [-0.39, 0.29) is 18.4 Å². The maximum atomic E-state index is 12.0. The molecule has 0 aromatic heterocycles. The van der Waals surface area contributed by atoms with Crippen molar-refractivity contribution in [2.45, 2.75) is 33.2 Å². The first-order valence-corrected chi connectivity index (χ1v) is 9.07. The van der Waals surface area contributed by atoms with E-state index in [1.807, 2.05) is 31.2 Å². The van der Waals surface area contributed by atoms with Gasteiger partial charge < -0.3 is 20.9 Å². The molecule has 3 N–H and O–H groups in total. The molecule has 0 aliphatic rings. The number of aliphatic imine (C=N–C) groups is 1. The first kappa shape index (κ1) is 21.5. The second-order valence-electron chi connectivity index (χ2n) is 6.14. The van der Waals surface area contributed by atoms with Crippen LogP contribution in [0.4, 0.5) is 0 Å². The third kappa shape index (κ3) is 8.00. The Bertz CT molecular complexity index is 596. The number of likely N-dealkylation sites (N-methyl/N-ethyl adjacent to an activating group) is 1. The van der Waals surface area contributed by atoms with Crippen molar-refractivity contribution in [3.05, 3.63) is 35.4 Å². The summed E-state index contributed by atoms with van der Waals surface area (Å²) in [6, 6.07) is 7.41. The molecule has 0 saturated carbocycles. The number of hydrogen-bond donors (Lipinski definition) is 3. The SMILES string of the molecule is CCCCNC(=O)c1ccc(CN=C(NCC)NCC(=O)N(C)C)cc1. The fraction of sp³-hybridized carbons (Fsp3) is 0.526. The largest absolute Gasteiger partial charge is 0.357 e. The lowest BCUT2D eigenvalue weighted by molar-refractivity contribution is -0.127. The molecule has 1 rings (SSSR count). The summed E-state index contributed by atoms with van der Waals surface area (Å²) in [7, 11) is 3.43. The fourth-order valence-corrected chi connectivity index (χ4v) is 2.07. The van der Waals surface area contributed by atoms with E-state index in [2.05, 4.69) is 27.9 Å². The van der Waals surface area contributed by atoms with E-state index in [9.17, 15) is 9.59 Å². The standard InChI is InChI=1S/C19H31N5O2/c1-5-7-12-21-18(26)16-10-8-15(9-11-16)13-22-19(20-6-2)23-14-17(25)24(3)4/h8-11H,5-7,12-14H2,1-4H3,(H,21,26)(H2,20,22,23). The molecule has 144 valence electrons. The van der Waals surface area contributed by atoms with Crippen LogP contribution in [-0.4, -0.2) is 56.4 Å². The first-order chi connectivity index (χ1) is 12.5. The van der Waals surface area contributed by atoms with Crippen molar-refractivity contribution in [1.29, 1.82) is 0 Å². The molecule has 0 spiro atoms. The molecule has 26 heavy (non-hydrogen) atoms. The maximum absolute atomic E-state index is 12.0. The van der Waals surface area contributed by atoms with Gasteiger partial charge in [0.15, 0.2) is 5.96 Å². The van der Waals surface area contributed by atoms with Crippen molar-refractivity contribution in [3.8, 4) is 0 Å². The molecule has 0 atom stereocenters. The van der Waals surface area contributed by atoms with E-state index < -0.39 is 0 Å². The number of benzene rings is 1. The number of nitrogens with one attached hydrogen (secondary N) is 3. The minimum absolute atomic E-state index is 0.0194. The van der Waals surface area contributed by atoms with Gasteiger partial charge in [-0.2, -0.15) is 0 Å². The Morgan fingerprint density at radius 1 is 1.04 bits per heavy atom. The van der Waals surface area contributed by atoms with Crippen molar-refractivity contribution in [1.82, 2.24) is 20.9 Å². The van der Waals surface area contributed by atoms with Crippen molar-refractivity contribution < 1.29 is 9.59 Å². The highest BCUT2D eigenvalue weighted by molar-refractivity contribution is 5.94. The van der Waals surface area contributed by atoms with Crippen molar-refractivity contribution >= 4 is 17.8 Å².